The maximum absolute atomic E-state index is 13.4. The van der Waals surface area contributed by atoms with Gasteiger partial charge in [-0.15, -0.1) is 0 Å². The fraction of sp³-hybridized carbons (Fsp3) is 0.259. The van der Waals surface area contributed by atoms with Crippen molar-refractivity contribution < 1.29 is 24.5 Å². The van der Waals surface area contributed by atoms with Crippen molar-refractivity contribution >= 4 is 28.2 Å². The van der Waals surface area contributed by atoms with E-state index in [0.29, 0.717) is 18.7 Å². The van der Waals surface area contributed by atoms with Crippen LogP contribution < -0.4 is 5.43 Å². The molecule has 1 aliphatic rings. The fourth-order valence-electron chi connectivity index (χ4n) is 4.66. The normalized spacial score (nSPS) is 15.3. The van der Waals surface area contributed by atoms with Gasteiger partial charge < -0.3 is 29.5 Å². The van der Waals surface area contributed by atoms with Crippen LogP contribution in [-0.2, 0) is 4.79 Å². The van der Waals surface area contributed by atoms with Gasteiger partial charge in [-0.25, -0.2) is 0 Å². The Kier molecular flexibility index (Phi) is 6.42. The molecule has 186 valence electrons. The first-order chi connectivity index (χ1) is 17.3. The Labute approximate surface area is 211 Å². The minimum Gasteiger partial charge on any atom is -0.504 e. The Balaban J connectivity index is 1.70. The standard InChI is InChI=1S/C27H26N2O6S/c1-28-8-10-29(11-9-28)21(31)13-18(17-7-12-36-15-17)22-24(32)26(34)25(33)23-19(30)14-20(35-27(22)23)16-5-3-2-4-6-16/h2-7,12,14-15,18,32-34H,8-11,13H2,1H3/t18-/m0/s1. The minimum absolute atomic E-state index is 0.00734. The summed E-state index contributed by atoms with van der Waals surface area (Å²) in [4.78, 5) is 30.4. The zero-order valence-electron chi connectivity index (χ0n) is 19.7. The van der Waals surface area contributed by atoms with E-state index in [2.05, 4.69) is 4.90 Å². The van der Waals surface area contributed by atoms with E-state index in [-0.39, 0.29) is 34.6 Å². The van der Waals surface area contributed by atoms with Crippen molar-refractivity contribution in [2.45, 2.75) is 12.3 Å². The van der Waals surface area contributed by atoms with Gasteiger partial charge >= 0.3 is 0 Å². The lowest BCUT2D eigenvalue weighted by atomic mass is 9.87. The predicted octanol–water partition coefficient (Wildman–Crippen LogP) is 3.93. The quantitative estimate of drug-likeness (QED) is 0.351. The van der Waals surface area contributed by atoms with E-state index in [1.165, 1.54) is 17.4 Å². The van der Waals surface area contributed by atoms with Gasteiger partial charge in [-0.3, -0.25) is 9.59 Å². The van der Waals surface area contributed by atoms with E-state index >= 15 is 0 Å². The van der Waals surface area contributed by atoms with E-state index in [9.17, 15) is 24.9 Å². The van der Waals surface area contributed by atoms with Crippen LogP contribution in [0.15, 0.2) is 62.4 Å². The monoisotopic (exact) mass is 506 g/mol. The van der Waals surface area contributed by atoms with Crippen LogP contribution in [0.1, 0.15) is 23.5 Å². The van der Waals surface area contributed by atoms with Gasteiger partial charge in [-0.1, -0.05) is 30.3 Å². The highest BCUT2D eigenvalue weighted by Crippen LogP contribution is 2.49. The summed E-state index contributed by atoms with van der Waals surface area (Å²) in [5, 5.41) is 35.7. The molecule has 1 fully saturated rings. The largest absolute Gasteiger partial charge is 0.504 e. The number of carbonyl (C=O) groups excluding carboxylic acids is 1. The summed E-state index contributed by atoms with van der Waals surface area (Å²) in [6, 6.07) is 12.1. The van der Waals surface area contributed by atoms with Gasteiger partial charge in [-0.05, 0) is 29.4 Å². The summed E-state index contributed by atoms with van der Waals surface area (Å²) in [5.74, 6) is -2.77. The van der Waals surface area contributed by atoms with Crippen LogP contribution in [-0.4, -0.2) is 64.3 Å². The van der Waals surface area contributed by atoms with Crippen LogP contribution in [0, 0.1) is 0 Å². The highest BCUT2D eigenvalue weighted by atomic mass is 32.1. The number of phenols is 3. The highest BCUT2D eigenvalue weighted by molar-refractivity contribution is 7.08. The lowest BCUT2D eigenvalue weighted by molar-refractivity contribution is -0.133. The Bertz CT molecular complexity index is 1460. The Morgan fingerprint density at radius 3 is 2.42 bits per heavy atom. The zero-order chi connectivity index (χ0) is 25.4. The molecule has 1 atom stereocenters. The Morgan fingerprint density at radius 2 is 1.75 bits per heavy atom. The van der Waals surface area contributed by atoms with Gasteiger partial charge in [0.05, 0.1) is 0 Å². The third-order valence-electron chi connectivity index (χ3n) is 6.72. The van der Waals surface area contributed by atoms with Crippen molar-refractivity contribution in [1.82, 2.24) is 9.80 Å². The van der Waals surface area contributed by atoms with Crippen LogP contribution in [0.25, 0.3) is 22.3 Å². The number of thiophene rings is 1. The van der Waals surface area contributed by atoms with E-state index < -0.39 is 28.6 Å². The van der Waals surface area contributed by atoms with Crippen molar-refractivity contribution in [1.29, 1.82) is 0 Å². The first-order valence-electron chi connectivity index (χ1n) is 11.6. The third-order valence-corrected chi connectivity index (χ3v) is 7.42. The molecule has 0 spiro atoms. The van der Waals surface area contributed by atoms with Crippen molar-refractivity contribution in [2.75, 3.05) is 33.2 Å². The molecule has 0 saturated carbocycles. The van der Waals surface area contributed by atoms with Crippen molar-refractivity contribution in [3.63, 3.8) is 0 Å². The molecule has 1 saturated heterocycles. The van der Waals surface area contributed by atoms with Crippen molar-refractivity contribution in [3.05, 3.63) is 74.6 Å². The average Bonchev–Trinajstić information content (AvgIpc) is 3.42. The summed E-state index contributed by atoms with van der Waals surface area (Å²) in [6.07, 6.45) is -0.00734. The van der Waals surface area contributed by atoms with E-state index in [0.717, 1.165) is 18.7 Å². The van der Waals surface area contributed by atoms with Crippen LogP contribution in [0.3, 0.4) is 0 Å². The predicted molar refractivity (Wildman–Crippen MR) is 138 cm³/mol. The maximum Gasteiger partial charge on any atom is 0.223 e. The zero-order valence-corrected chi connectivity index (χ0v) is 20.5. The molecule has 5 rings (SSSR count). The maximum atomic E-state index is 13.4. The Morgan fingerprint density at radius 1 is 1.03 bits per heavy atom. The number of piperazine rings is 1. The molecule has 0 unspecified atom stereocenters. The SMILES string of the molecule is CN1CCN(C(=O)C[C@@H](c2ccsc2)c2c(O)c(O)c(O)c3c(=O)cc(-c4ccccc4)oc23)CC1. The average molecular weight is 507 g/mol. The summed E-state index contributed by atoms with van der Waals surface area (Å²) in [6.45, 7) is 2.70. The van der Waals surface area contributed by atoms with E-state index in [1.807, 2.05) is 29.9 Å². The molecule has 9 heteroatoms. The second-order valence-electron chi connectivity index (χ2n) is 9.00. The molecule has 0 aliphatic carbocycles. The molecule has 0 bridgehead atoms. The second-order valence-corrected chi connectivity index (χ2v) is 9.78. The lowest BCUT2D eigenvalue weighted by Gasteiger charge is -2.33. The molecular formula is C27H26N2O6S. The number of likely N-dealkylation sites (N-methyl/N-ethyl adjacent to an activating group) is 1. The molecule has 0 radical (unpaired) electrons. The van der Waals surface area contributed by atoms with Gasteiger partial charge in [0.1, 0.15) is 16.7 Å². The summed E-state index contributed by atoms with van der Waals surface area (Å²) in [5.41, 5.74) is 0.832. The number of benzene rings is 2. The highest BCUT2D eigenvalue weighted by Gasteiger charge is 2.32. The molecular weight excluding hydrogens is 480 g/mol. The number of amides is 1. The number of hydrogen-bond donors (Lipinski definition) is 3. The van der Waals surface area contributed by atoms with E-state index in [1.54, 1.807) is 29.2 Å². The van der Waals surface area contributed by atoms with Crippen LogP contribution in [0.4, 0.5) is 0 Å². The summed E-state index contributed by atoms with van der Waals surface area (Å²) in [7, 11) is 2.01. The topological polar surface area (TPSA) is 114 Å². The van der Waals surface area contributed by atoms with Crippen molar-refractivity contribution in [3.8, 4) is 28.6 Å². The summed E-state index contributed by atoms with van der Waals surface area (Å²) >= 11 is 1.43. The number of aromatic hydroxyl groups is 3. The van der Waals surface area contributed by atoms with E-state index in [4.69, 9.17) is 4.42 Å². The van der Waals surface area contributed by atoms with Crippen molar-refractivity contribution in [2.24, 2.45) is 0 Å². The smallest absolute Gasteiger partial charge is 0.223 e. The molecule has 36 heavy (non-hydrogen) atoms. The molecule has 3 N–H and O–H groups in total. The first kappa shape index (κ1) is 23.9. The molecule has 1 aliphatic heterocycles. The van der Waals surface area contributed by atoms with Crippen LogP contribution >= 0.6 is 11.3 Å². The van der Waals surface area contributed by atoms with Crippen LogP contribution in [0.5, 0.6) is 17.2 Å². The fourth-order valence-corrected chi connectivity index (χ4v) is 5.37. The van der Waals surface area contributed by atoms with Gasteiger partial charge in [-0.2, -0.15) is 11.3 Å². The Hall–Kier alpha value is -3.82. The van der Waals surface area contributed by atoms with Gasteiger partial charge in [0.15, 0.2) is 16.9 Å². The number of rotatable bonds is 5. The number of hydrogen-bond acceptors (Lipinski definition) is 8. The number of carbonyl (C=O) groups is 1. The molecule has 1 amide bonds. The number of nitrogens with zero attached hydrogens (tertiary/aromatic N) is 2. The number of phenolic OH excluding ortho intramolecular Hbond substituents is 3. The first-order valence-corrected chi connectivity index (χ1v) is 12.6. The molecule has 2 aromatic carbocycles. The summed E-state index contributed by atoms with van der Waals surface area (Å²) < 4.78 is 6.14. The number of fused-ring (bicyclic) bond motifs is 1. The minimum atomic E-state index is -0.815. The molecule has 2 aromatic heterocycles. The second kappa shape index (κ2) is 9.67. The van der Waals surface area contributed by atoms with Crippen LogP contribution in [0.2, 0.25) is 0 Å². The lowest BCUT2D eigenvalue weighted by Crippen LogP contribution is -2.47. The van der Waals surface area contributed by atoms with Gasteiger partial charge in [0.2, 0.25) is 11.7 Å². The molecule has 4 aromatic rings. The van der Waals surface area contributed by atoms with Gasteiger partial charge in [0, 0.05) is 55.7 Å². The third kappa shape index (κ3) is 4.31. The molecule has 8 nitrogen and oxygen atoms in total. The van der Waals surface area contributed by atoms with Gasteiger partial charge in [0.25, 0.3) is 0 Å². The molecule has 3 heterocycles.